The summed E-state index contributed by atoms with van der Waals surface area (Å²) in [5, 5.41) is 46.6. The molecule has 5 rings (SSSR count). The minimum absolute atomic E-state index is 0.00890. The molecule has 264 valence electrons. The molecule has 4 N–H and O–H groups in total. The van der Waals surface area contributed by atoms with Gasteiger partial charge >= 0.3 is 17.6 Å². The van der Waals surface area contributed by atoms with Crippen molar-refractivity contribution in [1.29, 1.82) is 0 Å². The van der Waals surface area contributed by atoms with Gasteiger partial charge in [0.25, 0.3) is 0 Å². The number of methoxy groups -OCH3 is 1. The second-order valence-electron chi connectivity index (χ2n) is 14.1. The molecule has 14 nitrogen and oxygen atoms in total. The maximum atomic E-state index is 13.5. The summed E-state index contributed by atoms with van der Waals surface area (Å²) in [6, 6.07) is 2.27. The Morgan fingerprint density at radius 1 is 1.16 bits per heavy atom. The Morgan fingerprint density at radius 3 is 2.59 bits per heavy atom. The maximum Gasteiger partial charge on any atom is 0.328 e. The molecule has 3 saturated carbocycles. The van der Waals surface area contributed by atoms with Gasteiger partial charge in [0.2, 0.25) is 11.7 Å². The highest BCUT2D eigenvalue weighted by atomic mass is 16.6. The van der Waals surface area contributed by atoms with Crippen LogP contribution in [0.2, 0.25) is 0 Å². The van der Waals surface area contributed by atoms with Crippen molar-refractivity contribution in [3.63, 3.8) is 0 Å². The number of aliphatic hydroxyl groups excluding tert-OH is 1. The van der Waals surface area contributed by atoms with Crippen molar-refractivity contribution in [3.8, 4) is 5.75 Å². The zero-order valence-corrected chi connectivity index (χ0v) is 27.7. The molecule has 0 unspecified atom stereocenters. The van der Waals surface area contributed by atoms with Gasteiger partial charge in [-0.3, -0.25) is 29.3 Å². The molecular weight excluding hydrogens is 640 g/mol. The van der Waals surface area contributed by atoms with Crippen molar-refractivity contribution in [3.05, 3.63) is 57.7 Å². The van der Waals surface area contributed by atoms with Gasteiger partial charge in [0.15, 0.2) is 18.1 Å². The summed E-state index contributed by atoms with van der Waals surface area (Å²) >= 11 is 0. The zero-order chi connectivity index (χ0) is 35.9. The molecule has 4 aliphatic carbocycles. The number of nitro groups is 1. The van der Waals surface area contributed by atoms with Crippen molar-refractivity contribution in [1.82, 2.24) is 5.32 Å². The Morgan fingerprint density at radius 2 is 1.90 bits per heavy atom. The summed E-state index contributed by atoms with van der Waals surface area (Å²) in [5.74, 6) is -3.98. The minimum atomic E-state index is -1.84. The van der Waals surface area contributed by atoms with E-state index in [9.17, 15) is 49.4 Å². The molecule has 1 amide bonds. The Bertz CT molecular complexity index is 1640. The number of amides is 1. The van der Waals surface area contributed by atoms with Gasteiger partial charge < -0.3 is 30.1 Å². The van der Waals surface area contributed by atoms with E-state index in [-0.39, 0.29) is 48.4 Å². The Hall–Kier alpha value is -4.43. The van der Waals surface area contributed by atoms with Crippen molar-refractivity contribution < 1.29 is 53.7 Å². The van der Waals surface area contributed by atoms with E-state index in [2.05, 4.69) is 5.32 Å². The van der Waals surface area contributed by atoms with Gasteiger partial charge in [-0.2, -0.15) is 0 Å². The van der Waals surface area contributed by atoms with Crippen LogP contribution >= 0.6 is 0 Å². The summed E-state index contributed by atoms with van der Waals surface area (Å²) in [6.45, 7) is 3.13. The van der Waals surface area contributed by atoms with Crippen LogP contribution in [0, 0.1) is 38.7 Å². The van der Waals surface area contributed by atoms with Crippen LogP contribution in [0.25, 0.3) is 0 Å². The number of phenolic OH excluding ortho intramolecular Hbond substituents is 1. The predicted octanol–water partition coefficient (Wildman–Crippen LogP) is 2.40. The normalized spacial score (nSPS) is 32.1. The molecule has 0 aromatic heterocycles. The van der Waals surface area contributed by atoms with Crippen molar-refractivity contribution in [2.45, 2.75) is 83.0 Å². The standard InChI is InChI=1S/C35H42N2O12/c1-33-12-10-21(38)16-20(33)5-6-22-23-11-13-35(45,34(23,2)17-27(40)31(22)33)28(41)18-49-30(43)9-8-29(42)36-24(32(44)48-3)14-19-4-7-26(39)25(15-19)37(46)47/h4,7,10,12,15-16,22-24,27,31,39-40,45H,5-6,8-9,11,13-14,17-18H2,1-3H3,(H,36,42)/t22-,23+,24-,27+,31-,33-,34-,35+/m0/s1. The highest BCUT2D eigenvalue weighted by molar-refractivity contribution is 6.01. The van der Waals surface area contributed by atoms with Crippen LogP contribution in [0.1, 0.15) is 64.4 Å². The lowest BCUT2D eigenvalue weighted by atomic mass is 9.46. The van der Waals surface area contributed by atoms with Gasteiger partial charge in [0, 0.05) is 35.7 Å². The topological polar surface area (TPSA) is 220 Å². The van der Waals surface area contributed by atoms with Crippen LogP contribution in [0.15, 0.2) is 42.0 Å². The molecule has 3 fully saturated rings. The van der Waals surface area contributed by atoms with Crippen LogP contribution in [0.4, 0.5) is 5.69 Å². The molecule has 8 atom stereocenters. The number of nitrogens with one attached hydrogen (secondary N) is 1. The summed E-state index contributed by atoms with van der Waals surface area (Å²) in [4.78, 5) is 73.5. The molecule has 0 saturated heterocycles. The first-order chi connectivity index (χ1) is 23.0. The van der Waals surface area contributed by atoms with Gasteiger partial charge in [0.1, 0.15) is 11.6 Å². The second kappa shape index (κ2) is 13.5. The zero-order valence-electron chi connectivity index (χ0n) is 27.7. The second-order valence-corrected chi connectivity index (χ2v) is 14.1. The van der Waals surface area contributed by atoms with E-state index in [0.717, 1.165) is 31.2 Å². The monoisotopic (exact) mass is 682 g/mol. The number of esters is 2. The number of phenols is 1. The van der Waals surface area contributed by atoms with E-state index >= 15 is 0 Å². The summed E-state index contributed by atoms with van der Waals surface area (Å²) in [7, 11) is 1.10. The number of ether oxygens (including phenoxy) is 2. The van der Waals surface area contributed by atoms with E-state index in [1.807, 2.05) is 19.9 Å². The third kappa shape index (κ3) is 6.51. The lowest BCUT2D eigenvalue weighted by Crippen LogP contribution is -2.61. The highest BCUT2D eigenvalue weighted by Crippen LogP contribution is 2.67. The third-order valence-corrected chi connectivity index (χ3v) is 11.5. The minimum Gasteiger partial charge on any atom is -0.502 e. The number of benzene rings is 1. The molecule has 49 heavy (non-hydrogen) atoms. The molecule has 1 aromatic carbocycles. The number of fused-ring (bicyclic) bond motifs is 5. The number of allylic oxidation sites excluding steroid dienone is 4. The number of carbonyl (C=O) groups is 5. The van der Waals surface area contributed by atoms with Crippen LogP contribution in [-0.4, -0.2) is 81.1 Å². The molecule has 1 aromatic rings. The number of nitro benzene ring substituents is 1. The molecule has 0 bridgehead atoms. The van der Waals surface area contributed by atoms with Gasteiger partial charge in [-0.05, 0) is 67.7 Å². The van der Waals surface area contributed by atoms with Crippen LogP contribution in [0.3, 0.4) is 0 Å². The highest BCUT2D eigenvalue weighted by Gasteiger charge is 2.68. The number of Topliss-reactive ketones (excluding diaryl/α,β-unsaturated/α-hetero) is 1. The Labute approximate surface area is 282 Å². The third-order valence-electron chi connectivity index (χ3n) is 11.5. The van der Waals surface area contributed by atoms with E-state index in [1.54, 1.807) is 12.2 Å². The molecule has 4 aliphatic rings. The number of carbonyl (C=O) groups excluding carboxylic acids is 5. The van der Waals surface area contributed by atoms with E-state index < -0.39 is 88.0 Å². The van der Waals surface area contributed by atoms with Gasteiger partial charge in [-0.1, -0.05) is 31.6 Å². The van der Waals surface area contributed by atoms with Crippen molar-refractivity contribution >= 4 is 35.1 Å². The lowest BCUT2D eigenvalue weighted by Gasteiger charge is -2.59. The fraction of sp³-hybridized carbons (Fsp3) is 0.571. The van der Waals surface area contributed by atoms with Crippen molar-refractivity contribution in [2.24, 2.45) is 28.6 Å². The first kappa shape index (κ1) is 35.9. The van der Waals surface area contributed by atoms with Crippen LogP contribution in [-0.2, 0) is 39.9 Å². The molecular formula is C35H42N2O12. The molecule has 0 radical (unpaired) electrons. The van der Waals surface area contributed by atoms with Crippen LogP contribution < -0.4 is 5.32 Å². The van der Waals surface area contributed by atoms with E-state index in [0.29, 0.717) is 12.8 Å². The predicted molar refractivity (Wildman–Crippen MR) is 171 cm³/mol. The number of aromatic hydroxyl groups is 1. The summed E-state index contributed by atoms with van der Waals surface area (Å²) in [5.41, 5.74) is -2.61. The Kier molecular flexibility index (Phi) is 9.86. The maximum absolute atomic E-state index is 13.5. The number of aliphatic hydroxyl groups is 2. The van der Waals surface area contributed by atoms with E-state index in [4.69, 9.17) is 9.47 Å². The fourth-order valence-electron chi connectivity index (χ4n) is 9.02. The summed E-state index contributed by atoms with van der Waals surface area (Å²) in [6.07, 6.45) is 5.48. The molecule has 14 heteroatoms. The average Bonchev–Trinajstić information content (AvgIpc) is 3.33. The van der Waals surface area contributed by atoms with Crippen LogP contribution in [0.5, 0.6) is 5.75 Å². The molecule has 0 heterocycles. The van der Waals surface area contributed by atoms with E-state index in [1.165, 1.54) is 6.07 Å². The van der Waals surface area contributed by atoms with Gasteiger partial charge in [0.05, 0.1) is 24.6 Å². The average molecular weight is 683 g/mol. The fourth-order valence-corrected chi connectivity index (χ4v) is 9.02. The number of hydrogen-bond donors (Lipinski definition) is 4. The SMILES string of the molecule is COC(=O)[C@H](Cc1ccc(O)c([N+](=O)[O-])c1)NC(=O)CCC(=O)OCC(=O)[C@]1(O)CC[C@@H]2[C@@H]3CCC4=CC(=O)C=C[C@]4(C)[C@@H]3[C@H](O)C[C@@]21C. The number of nitrogens with zero attached hydrogens (tertiary/aromatic N) is 1. The molecule has 0 aliphatic heterocycles. The largest absolute Gasteiger partial charge is 0.502 e. The summed E-state index contributed by atoms with van der Waals surface area (Å²) < 4.78 is 9.91. The van der Waals surface area contributed by atoms with Gasteiger partial charge in [-0.15, -0.1) is 0 Å². The first-order valence-electron chi connectivity index (χ1n) is 16.4. The number of hydrogen-bond acceptors (Lipinski definition) is 12. The van der Waals surface area contributed by atoms with Crippen molar-refractivity contribution in [2.75, 3.05) is 13.7 Å². The quantitative estimate of drug-likeness (QED) is 0.150. The lowest BCUT2D eigenvalue weighted by molar-refractivity contribution is -0.385. The molecule has 0 spiro atoms. The Balaban J connectivity index is 1.16. The number of rotatable bonds is 11. The number of ketones is 2. The first-order valence-corrected chi connectivity index (χ1v) is 16.4. The smallest absolute Gasteiger partial charge is 0.328 e. The van der Waals surface area contributed by atoms with Gasteiger partial charge in [-0.25, -0.2) is 4.79 Å².